The second-order valence-electron chi connectivity index (χ2n) is 7.49. The number of likely N-dealkylation sites (tertiary alicyclic amines) is 1. The molecule has 2 fully saturated rings. The van der Waals surface area contributed by atoms with Crippen molar-refractivity contribution in [2.24, 2.45) is 11.1 Å². The molecule has 3 N–H and O–H groups in total. The summed E-state index contributed by atoms with van der Waals surface area (Å²) in [4.78, 5) is 14.8. The number of aliphatic hydroxyl groups excluding tert-OH is 1. The smallest absolute Gasteiger partial charge is 0.253 e. The molecule has 4 rings (SSSR count). The van der Waals surface area contributed by atoms with Gasteiger partial charge < -0.3 is 20.5 Å². The van der Waals surface area contributed by atoms with Gasteiger partial charge in [0.25, 0.3) is 5.91 Å². The molecule has 2 atom stereocenters. The first-order chi connectivity index (χ1) is 12.6. The zero-order valence-corrected chi connectivity index (χ0v) is 14.9. The summed E-state index contributed by atoms with van der Waals surface area (Å²) < 4.78 is 5.83. The Morgan fingerprint density at radius 1 is 1.19 bits per heavy atom. The van der Waals surface area contributed by atoms with Crippen LogP contribution in [0.1, 0.15) is 29.6 Å². The Kier molecular flexibility index (Phi) is 4.69. The molecule has 2 aromatic rings. The topological polar surface area (TPSA) is 75.8 Å². The fraction of sp³-hybridized carbons (Fsp3) is 0.476. The number of piperidine rings is 1. The van der Waals surface area contributed by atoms with Crippen molar-refractivity contribution in [3.05, 3.63) is 48.0 Å². The van der Waals surface area contributed by atoms with Gasteiger partial charge in [-0.3, -0.25) is 4.79 Å². The number of benzene rings is 2. The van der Waals surface area contributed by atoms with Crippen molar-refractivity contribution in [1.82, 2.24) is 4.90 Å². The molecule has 1 amide bonds. The van der Waals surface area contributed by atoms with Crippen molar-refractivity contribution < 1.29 is 14.6 Å². The third-order valence-corrected chi connectivity index (χ3v) is 6.16. The first-order valence-electron chi connectivity index (χ1n) is 9.42. The molecule has 1 saturated heterocycles. The van der Waals surface area contributed by atoms with Gasteiger partial charge in [0.05, 0.1) is 18.8 Å². The summed E-state index contributed by atoms with van der Waals surface area (Å²) in [6.07, 6.45) is 1.98. The van der Waals surface area contributed by atoms with Crippen LogP contribution >= 0.6 is 0 Å². The Hall–Kier alpha value is -1.95. The second-order valence-corrected chi connectivity index (χ2v) is 7.49. The van der Waals surface area contributed by atoms with E-state index in [1.54, 1.807) is 0 Å². The van der Waals surface area contributed by atoms with Gasteiger partial charge in [-0.05, 0) is 35.7 Å². The normalized spacial score (nSPS) is 24.6. The summed E-state index contributed by atoms with van der Waals surface area (Å²) in [5, 5.41) is 12.6. The number of amides is 1. The Labute approximate surface area is 153 Å². The van der Waals surface area contributed by atoms with Crippen LogP contribution in [0.3, 0.4) is 0 Å². The van der Waals surface area contributed by atoms with Gasteiger partial charge in [-0.15, -0.1) is 0 Å². The summed E-state index contributed by atoms with van der Waals surface area (Å²) in [7, 11) is 0. The van der Waals surface area contributed by atoms with Crippen LogP contribution in [0.4, 0.5) is 0 Å². The van der Waals surface area contributed by atoms with E-state index in [1.165, 1.54) is 0 Å². The van der Waals surface area contributed by atoms with Crippen molar-refractivity contribution in [2.45, 2.75) is 31.5 Å². The maximum Gasteiger partial charge on any atom is 0.253 e. The molecule has 0 bridgehead atoms. The molecule has 2 aliphatic rings. The maximum atomic E-state index is 12.9. The lowest BCUT2D eigenvalue weighted by molar-refractivity contribution is -0.207. The van der Waals surface area contributed by atoms with Crippen LogP contribution in [0.25, 0.3) is 10.8 Å². The van der Waals surface area contributed by atoms with Gasteiger partial charge in [0.1, 0.15) is 0 Å². The number of hydrogen-bond acceptors (Lipinski definition) is 4. The van der Waals surface area contributed by atoms with Gasteiger partial charge >= 0.3 is 0 Å². The predicted octanol–water partition coefficient (Wildman–Crippen LogP) is 2.17. The number of rotatable bonds is 4. The summed E-state index contributed by atoms with van der Waals surface area (Å²) >= 11 is 0. The lowest BCUT2D eigenvalue weighted by Gasteiger charge is -2.56. The molecule has 5 heteroatoms. The molecule has 1 saturated carbocycles. The Balaban J connectivity index is 1.44. The van der Waals surface area contributed by atoms with Crippen molar-refractivity contribution >= 4 is 16.7 Å². The SMILES string of the molecule is NCCO[C@H]1C[C@@H](O)C12CCN(C(=O)c1ccc3ccccc3c1)CC2. The fourth-order valence-corrected chi connectivity index (χ4v) is 4.46. The molecule has 1 aliphatic carbocycles. The molecule has 138 valence electrons. The van der Waals surface area contributed by atoms with Gasteiger partial charge in [0, 0.05) is 37.0 Å². The highest BCUT2D eigenvalue weighted by Gasteiger charge is 2.56. The number of hydrogen-bond donors (Lipinski definition) is 2. The van der Waals surface area contributed by atoms with E-state index in [-0.39, 0.29) is 23.5 Å². The molecule has 2 aromatic carbocycles. The zero-order valence-electron chi connectivity index (χ0n) is 14.9. The van der Waals surface area contributed by atoms with Crippen LogP contribution in [-0.4, -0.2) is 54.4 Å². The monoisotopic (exact) mass is 354 g/mol. The van der Waals surface area contributed by atoms with Crippen molar-refractivity contribution in [2.75, 3.05) is 26.2 Å². The predicted molar refractivity (Wildman–Crippen MR) is 101 cm³/mol. The van der Waals surface area contributed by atoms with Gasteiger partial charge in [-0.2, -0.15) is 0 Å². The zero-order chi connectivity index (χ0) is 18.1. The van der Waals surface area contributed by atoms with E-state index < -0.39 is 0 Å². The van der Waals surface area contributed by atoms with E-state index in [1.807, 2.05) is 47.4 Å². The lowest BCUT2D eigenvalue weighted by Crippen LogP contribution is -2.62. The lowest BCUT2D eigenvalue weighted by atomic mass is 9.58. The molecule has 0 unspecified atom stereocenters. The van der Waals surface area contributed by atoms with Crippen LogP contribution in [0.2, 0.25) is 0 Å². The molecular formula is C21H26N2O3. The average Bonchev–Trinajstić information content (AvgIpc) is 2.70. The van der Waals surface area contributed by atoms with Crippen LogP contribution in [0, 0.1) is 5.41 Å². The summed E-state index contributed by atoms with van der Waals surface area (Å²) in [6, 6.07) is 13.9. The molecular weight excluding hydrogens is 328 g/mol. The molecule has 26 heavy (non-hydrogen) atoms. The minimum absolute atomic E-state index is 0.0684. The van der Waals surface area contributed by atoms with Gasteiger partial charge in [0.15, 0.2) is 0 Å². The van der Waals surface area contributed by atoms with E-state index in [9.17, 15) is 9.90 Å². The summed E-state index contributed by atoms with van der Waals surface area (Å²) in [6.45, 7) is 2.34. The molecule has 5 nitrogen and oxygen atoms in total. The quantitative estimate of drug-likeness (QED) is 0.882. The Bertz CT molecular complexity index is 799. The number of nitrogens with zero attached hydrogens (tertiary/aromatic N) is 1. The number of carbonyl (C=O) groups excluding carboxylic acids is 1. The third kappa shape index (κ3) is 2.90. The minimum Gasteiger partial charge on any atom is -0.392 e. The highest BCUT2D eigenvalue weighted by molar-refractivity contribution is 5.98. The molecule has 0 aromatic heterocycles. The minimum atomic E-state index is -0.330. The number of fused-ring (bicyclic) bond motifs is 1. The maximum absolute atomic E-state index is 12.9. The molecule has 1 heterocycles. The van der Waals surface area contributed by atoms with E-state index >= 15 is 0 Å². The van der Waals surface area contributed by atoms with E-state index in [0.717, 1.165) is 29.2 Å². The van der Waals surface area contributed by atoms with E-state index in [2.05, 4.69) is 0 Å². The summed E-state index contributed by atoms with van der Waals surface area (Å²) in [5.74, 6) is 0.0684. The summed E-state index contributed by atoms with van der Waals surface area (Å²) in [5.41, 5.74) is 6.06. The van der Waals surface area contributed by atoms with Crippen LogP contribution in [0.15, 0.2) is 42.5 Å². The van der Waals surface area contributed by atoms with E-state index in [4.69, 9.17) is 10.5 Å². The second kappa shape index (κ2) is 6.99. The number of ether oxygens (including phenoxy) is 1. The molecule has 0 radical (unpaired) electrons. The first kappa shape index (κ1) is 17.5. The Morgan fingerprint density at radius 3 is 2.62 bits per heavy atom. The third-order valence-electron chi connectivity index (χ3n) is 6.16. The van der Waals surface area contributed by atoms with Gasteiger partial charge in [0.2, 0.25) is 0 Å². The Morgan fingerprint density at radius 2 is 1.92 bits per heavy atom. The number of carbonyl (C=O) groups is 1. The molecule has 1 spiro atoms. The highest BCUT2D eigenvalue weighted by Crippen LogP contribution is 2.51. The number of nitrogens with two attached hydrogens (primary N) is 1. The highest BCUT2D eigenvalue weighted by atomic mass is 16.5. The van der Waals surface area contributed by atoms with Crippen molar-refractivity contribution in [3.8, 4) is 0 Å². The molecule has 1 aliphatic heterocycles. The number of aliphatic hydroxyl groups is 1. The fourth-order valence-electron chi connectivity index (χ4n) is 4.46. The van der Waals surface area contributed by atoms with Crippen molar-refractivity contribution in [1.29, 1.82) is 0 Å². The van der Waals surface area contributed by atoms with Gasteiger partial charge in [-0.25, -0.2) is 0 Å². The van der Waals surface area contributed by atoms with Gasteiger partial charge in [-0.1, -0.05) is 30.3 Å². The van der Waals surface area contributed by atoms with Crippen LogP contribution in [-0.2, 0) is 4.74 Å². The first-order valence-corrected chi connectivity index (χ1v) is 9.42. The largest absolute Gasteiger partial charge is 0.392 e. The van der Waals surface area contributed by atoms with Crippen LogP contribution < -0.4 is 5.73 Å². The van der Waals surface area contributed by atoms with Crippen molar-refractivity contribution in [3.63, 3.8) is 0 Å². The standard InChI is InChI=1S/C21H26N2O3/c22-9-12-26-19-14-18(24)21(19)7-10-23(11-8-21)20(25)17-6-5-15-3-1-2-4-16(15)13-17/h1-6,13,18-19,24H,7-12,14,22H2/t18-,19+/m1/s1. The average molecular weight is 354 g/mol. The van der Waals surface area contributed by atoms with Crippen LogP contribution in [0.5, 0.6) is 0 Å². The van der Waals surface area contributed by atoms with E-state index in [0.29, 0.717) is 32.7 Å².